The molecule has 0 unspecified atom stereocenters. The molecule has 3 heteroatoms. The number of hydrogen-bond acceptors (Lipinski definition) is 1. The van der Waals surface area contributed by atoms with Crippen LogP contribution in [0.25, 0.3) is 23.1 Å². The maximum absolute atomic E-state index is 13.1. The Morgan fingerprint density at radius 1 is 1.00 bits per heavy atom. The molecule has 3 aliphatic rings. The summed E-state index contributed by atoms with van der Waals surface area (Å²) in [4.78, 5) is 6.34. The van der Waals surface area contributed by atoms with E-state index in [1.807, 2.05) is 12.1 Å². The molecule has 0 radical (unpaired) electrons. The molecular weight excluding hydrogens is 311 g/mol. The van der Waals surface area contributed by atoms with Crippen LogP contribution in [0.1, 0.15) is 41.1 Å². The lowest BCUT2D eigenvalue weighted by molar-refractivity contribution is 0.220. The van der Waals surface area contributed by atoms with Gasteiger partial charge < -0.3 is 4.98 Å². The molecule has 0 amide bonds. The van der Waals surface area contributed by atoms with Crippen molar-refractivity contribution in [3.05, 3.63) is 70.7 Å². The second-order valence-corrected chi connectivity index (χ2v) is 7.22. The first kappa shape index (κ1) is 14.9. The number of para-hydroxylation sites is 1. The summed E-state index contributed by atoms with van der Waals surface area (Å²) in [5.74, 6) is 0.479. The lowest BCUT2D eigenvalue weighted by Gasteiger charge is -2.26. The lowest BCUT2D eigenvalue weighted by atomic mass is 9.94. The van der Waals surface area contributed by atoms with E-state index >= 15 is 0 Å². The van der Waals surface area contributed by atoms with Crippen molar-refractivity contribution in [2.45, 2.75) is 25.3 Å². The number of rotatable bonds is 2. The highest BCUT2D eigenvalue weighted by Gasteiger charge is 2.30. The lowest BCUT2D eigenvalue weighted by Crippen LogP contribution is -2.29. The van der Waals surface area contributed by atoms with Crippen molar-refractivity contribution in [2.75, 3.05) is 13.1 Å². The Bertz CT molecular complexity index is 944. The number of aromatic amines is 1. The average molecular weight is 332 g/mol. The van der Waals surface area contributed by atoms with Gasteiger partial charge >= 0.3 is 0 Å². The van der Waals surface area contributed by atoms with Crippen LogP contribution in [0.15, 0.2) is 42.5 Å². The van der Waals surface area contributed by atoms with Crippen molar-refractivity contribution >= 4 is 23.1 Å². The molecule has 6 rings (SSSR count). The second kappa shape index (κ2) is 5.85. The van der Waals surface area contributed by atoms with E-state index in [-0.39, 0.29) is 5.82 Å². The van der Waals surface area contributed by atoms with Gasteiger partial charge in [0.1, 0.15) is 5.82 Å². The number of hydrogen-bond donors (Lipinski definition) is 1. The van der Waals surface area contributed by atoms with Gasteiger partial charge in [0.25, 0.3) is 0 Å². The van der Waals surface area contributed by atoms with Crippen LogP contribution in [-0.4, -0.2) is 23.0 Å². The van der Waals surface area contributed by atoms with Crippen molar-refractivity contribution in [3.8, 4) is 0 Å². The molecule has 2 nitrogen and oxygen atoms in total. The van der Waals surface area contributed by atoms with Crippen LogP contribution in [0.3, 0.4) is 0 Å². The Balaban J connectivity index is 1.58. The summed E-state index contributed by atoms with van der Waals surface area (Å²) in [6.45, 7) is 3.51. The number of nitrogens with one attached hydrogen (secondary N) is 1. The highest BCUT2D eigenvalue weighted by Crippen LogP contribution is 2.39. The summed E-state index contributed by atoms with van der Waals surface area (Å²) >= 11 is 0. The molecule has 1 fully saturated rings. The first-order chi connectivity index (χ1) is 12.3. The summed E-state index contributed by atoms with van der Waals surface area (Å²) < 4.78 is 13.1. The number of piperidine rings is 1. The number of halogens is 1. The van der Waals surface area contributed by atoms with E-state index in [1.54, 1.807) is 0 Å². The van der Waals surface area contributed by atoms with Gasteiger partial charge in [0.15, 0.2) is 0 Å². The highest BCUT2D eigenvalue weighted by atomic mass is 19.1. The summed E-state index contributed by atoms with van der Waals surface area (Å²) in [7, 11) is 0. The average Bonchev–Trinajstić information content (AvgIpc) is 2.82. The van der Waals surface area contributed by atoms with Crippen molar-refractivity contribution in [3.63, 3.8) is 0 Å². The van der Waals surface area contributed by atoms with Gasteiger partial charge in [-0.1, -0.05) is 42.5 Å². The minimum absolute atomic E-state index is 0.197. The van der Waals surface area contributed by atoms with Crippen molar-refractivity contribution in [1.82, 2.24) is 9.88 Å². The van der Waals surface area contributed by atoms with E-state index < -0.39 is 0 Å². The maximum atomic E-state index is 13.1. The summed E-state index contributed by atoms with van der Waals surface area (Å²) in [5, 5.41) is 1.36. The molecule has 3 aliphatic heterocycles. The van der Waals surface area contributed by atoms with Crippen LogP contribution in [0, 0.1) is 5.82 Å². The molecule has 1 saturated heterocycles. The molecule has 2 aromatic carbocycles. The predicted molar refractivity (Wildman–Crippen MR) is 101 cm³/mol. The second-order valence-electron chi connectivity index (χ2n) is 7.22. The zero-order valence-electron chi connectivity index (χ0n) is 14.1. The summed E-state index contributed by atoms with van der Waals surface area (Å²) in [6, 6.07) is 13.2. The Labute approximate surface area is 147 Å². The first-order valence-electron chi connectivity index (χ1n) is 9.07. The molecule has 1 N–H and O–H groups in total. The third-order valence-corrected chi connectivity index (χ3v) is 5.71. The fourth-order valence-corrected chi connectivity index (χ4v) is 4.34. The molecule has 25 heavy (non-hydrogen) atoms. The highest BCUT2D eigenvalue weighted by molar-refractivity contribution is 5.93. The number of benzene rings is 2. The zero-order chi connectivity index (χ0) is 16.8. The molecule has 2 bridgehead atoms. The van der Waals surface area contributed by atoms with Gasteiger partial charge in [-0.25, -0.2) is 4.39 Å². The van der Waals surface area contributed by atoms with E-state index in [4.69, 9.17) is 0 Å². The van der Waals surface area contributed by atoms with E-state index in [0.717, 1.165) is 12.1 Å². The molecule has 0 saturated carbocycles. The van der Waals surface area contributed by atoms with Gasteiger partial charge in [0, 0.05) is 23.5 Å². The molecule has 0 atom stereocenters. The van der Waals surface area contributed by atoms with Gasteiger partial charge in [-0.3, -0.25) is 4.90 Å². The Morgan fingerprint density at radius 2 is 1.80 bits per heavy atom. The number of H-pyrrole nitrogens is 1. The Morgan fingerprint density at radius 3 is 2.60 bits per heavy atom. The van der Waals surface area contributed by atoms with Crippen LogP contribution in [0.2, 0.25) is 0 Å². The van der Waals surface area contributed by atoms with E-state index in [9.17, 15) is 4.39 Å². The normalized spacial score (nSPS) is 22.4. The van der Waals surface area contributed by atoms with Crippen molar-refractivity contribution in [2.24, 2.45) is 0 Å². The molecule has 0 aliphatic carbocycles. The van der Waals surface area contributed by atoms with E-state index in [1.165, 1.54) is 65.8 Å². The number of nitrogens with zero attached hydrogens (tertiary/aromatic N) is 1. The topological polar surface area (TPSA) is 19.0 Å². The SMILES string of the molecule is Fc1ccc(C=Cc2cccc3c4c([nH]c23)C2CCN(CC2)C4)cc1. The Hall–Kier alpha value is -2.39. The Kier molecular flexibility index (Phi) is 3.49. The fraction of sp³-hybridized carbons (Fsp3) is 0.273. The zero-order valence-corrected chi connectivity index (χ0v) is 14.1. The molecule has 3 aromatic rings. The van der Waals surface area contributed by atoms with Gasteiger partial charge in [-0.2, -0.15) is 0 Å². The molecule has 126 valence electrons. The number of aromatic nitrogens is 1. The van der Waals surface area contributed by atoms with Crippen LogP contribution in [0.4, 0.5) is 4.39 Å². The monoisotopic (exact) mass is 332 g/mol. The van der Waals surface area contributed by atoms with Gasteiger partial charge in [-0.15, -0.1) is 0 Å². The van der Waals surface area contributed by atoms with Gasteiger partial charge in [0.05, 0.1) is 5.52 Å². The summed E-state index contributed by atoms with van der Waals surface area (Å²) in [6.07, 6.45) is 6.71. The number of fused-ring (bicyclic) bond motifs is 3. The molecule has 0 spiro atoms. The molecular formula is C22H21FN2. The minimum atomic E-state index is -0.197. The van der Waals surface area contributed by atoms with Crippen molar-refractivity contribution < 1.29 is 4.39 Å². The first-order valence-corrected chi connectivity index (χ1v) is 9.07. The van der Waals surface area contributed by atoms with E-state index in [0.29, 0.717) is 5.92 Å². The molecule has 4 heterocycles. The van der Waals surface area contributed by atoms with Crippen LogP contribution in [0.5, 0.6) is 0 Å². The summed E-state index contributed by atoms with van der Waals surface area (Å²) in [5.41, 5.74) is 6.39. The quantitative estimate of drug-likeness (QED) is 0.641. The van der Waals surface area contributed by atoms with Crippen LogP contribution in [-0.2, 0) is 6.54 Å². The smallest absolute Gasteiger partial charge is 0.123 e. The third-order valence-electron chi connectivity index (χ3n) is 5.71. The fourth-order valence-electron chi connectivity index (χ4n) is 4.34. The standard InChI is InChI=1S/C22H21FN2/c23-18-8-5-15(6-9-18)4-7-16-2-1-3-19-20-14-25-12-10-17(11-13-25)22(20)24-21(16)19/h1-9,17,24H,10-14H2. The van der Waals surface area contributed by atoms with Gasteiger partial charge in [-0.05, 0) is 54.8 Å². The predicted octanol–water partition coefficient (Wildman–Crippen LogP) is 5.17. The maximum Gasteiger partial charge on any atom is 0.123 e. The largest absolute Gasteiger partial charge is 0.357 e. The third kappa shape index (κ3) is 2.59. The van der Waals surface area contributed by atoms with Gasteiger partial charge in [0.2, 0.25) is 0 Å². The van der Waals surface area contributed by atoms with Crippen molar-refractivity contribution in [1.29, 1.82) is 0 Å². The van der Waals surface area contributed by atoms with E-state index in [2.05, 4.69) is 40.2 Å². The minimum Gasteiger partial charge on any atom is -0.357 e. The van der Waals surface area contributed by atoms with Crippen LogP contribution >= 0.6 is 0 Å². The molecule has 1 aromatic heterocycles. The van der Waals surface area contributed by atoms with Crippen LogP contribution < -0.4 is 0 Å².